The van der Waals surface area contributed by atoms with Crippen LogP contribution in [0.15, 0.2) is 30.3 Å². The average molecular weight is 545 g/mol. The largest absolute Gasteiger partial charge is 0.450 e. The Morgan fingerprint density at radius 1 is 1.25 bits per heavy atom. The van der Waals surface area contributed by atoms with Gasteiger partial charge < -0.3 is 30.3 Å². The topological polar surface area (TPSA) is 126 Å². The molecule has 1 aromatic heterocycles. The van der Waals surface area contributed by atoms with Crippen molar-refractivity contribution in [3.63, 3.8) is 0 Å². The standard InChI is InChI=1S/C22H23ClF2N4O6S/c1-2-35-22(33)28-15(10-26-21(32)16-5-6-17(23)36-16)20(31)27-14-4-3-12(9-13(14)19(24)25)29-7-8-34-11-18(29)30/h3-6,9,15,19H,2,7-8,10-11H2,1H3,(H,26,32)(H,27,31)(H,28,33)/t15-/m0/s1. The van der Waals surface area contributed by atoms with Crippen molar-refractivity contribution in [1.29, 1.82) is 0 Å². The molecule has 3 rings (SSSR count). The van der Waals surface area contributed by atoms with Crippen LogP contribution in [0.5, 0.6) is 0 Å². The minimum absolute atomic E-state index is 0.0253. The second kappa shape index (κ2) is 12.6. The van der Waals surface area contributed by atoms with Gasteiger partial charge in [-0.3, -0.25) is 14.4 Å². The highest BCUT2D eigenvalue weighted by Gasteiger charge is 2.27. The summed E-state index contributed by atoms with van der Waals surface area (Å²) in [5, 5.41) is 7.16. The molecule has 2 aromatic rings. The number of carbonyl (C=O) groups excluding carboxylic acids is 4. The Morgan fingerprint density at radius 2 is 2.03 bits per heavy atom. The van der Waals surface area contributed by atoms with Gasteiger partial charge in [-0.25, -0.2) is 13.6 Å². The van der Waals surface area contributed by atoms with Crippen LogP contribution in [0.25, 0.3) is 0 Å². The van der Waals surface area contributed by atoms with Crippen LogP contribution in [0, 0.1) is 0 Å². The van der Waals surface area contributed by atoms with Crippen LogP contribution in [-0.2, 0) is 19.1 Å². The highest BCUT2D eigenvalue weighted by molar-refractivity contribution is 7.18. The van der Waals surface area contributed by atoms with Crippen LogP contribution in [-0.4, -0.2) is 62.8 Å². The van der Waals surface area contributed by atoms with E-state index in [2.05, 4.69) is 16.0 Å². The van der Waals surface area contributed by atoms with Gasteiger partial charge in [-0.1, -0.05) is 11.6 Å². The first kappa shape index (κ1) is 27.3. The van der Waals surface area contributed by atoms with Crippen molar-refractivity contribution in [2.45, 2.75) is 19.4 Å². The van der Waals surface area contributed by atoms with E-state index in [-0.39, 0.29) is 55.1 Å². The number of carbonyl (C=O) groups is 4. The van der Waals surface area contributed by atoms with Crippen LogP contribution in [0.3, 0.4) is 0 Å². The summed E-state index contributed by atoms with van der Waals surface area (Å²) in [5.74, 6) is -1.78. The summed E-state index contributed by atoms with van der Waals surface area (Å²) in [4.78, 5) is 50.9. The Morgan fingerprint density at radius 3 is 2.67 bits per heavy atom. The van der Waals surface area contributed by atoms with Gasteiger partial charge in [0.05, 0.1) is 22.4 Å². The third kappa shape index (κ3) is 7.12. The Hall–Kier alpha value is -3.29. The third-order valence-electron chi connectivity index (χ3n) is 4.97. The van der Waals surface area contributed by atoms with Crippen molar-refractivity contribution < 1.29 is 37.4 Å². The fourth-order valence-corrected chi connectivity index (χ4v) is 4.23. The van der Waals surface area contributed by atoms with Gasteiger partial charge in [0.1, 0.15) is 12.6 Å². The molecule has 1 saturated heterocycles. The Balaban J connectivity index is 1.77. The van der Waals surface area contributed by atoms with Crippen molar-refractivity contribution in [3.05, 3.63) is 45.1 Å². The van der Waals surface area contributed by atoms with E-state index in [9.17, 15) is 28.0 Å². The van der Waals surface area contributed by atoms with Crippen LogP contribution >= 0.6 is 22.9 Å². The molecule has 0 saturated carbocycles. The number of alkyl carbamates (subject to hydrolysis) is 1. The Bertz CT molecular complexity index is 1130. The molecule has 0 bridgehead atoms. The zero-order valence-corrected chi connectivity index (χ0v) is 20.6. The lowest BCUT2D eigenvalue weighted by atomic mass is 10.1. The summed E-state index contributed by atoms with van der Waals surface area (Å²) in [6.45, 7) is 1.54. The van der Waals surface area contributed by atoms with Gasteiger partial charge in [-0.15, -0.1) is 11.3 Å². The van der Waals surface area contributed by atoms with Crippen molar-refractivity contribution in [2.24, 2.45) is 0 Å². The van der Waals surface area contributed by atoms with Crippen LogP contribution in [0.1, 0.15) is 28.6 Å². The quantitative estimate of drug-likeness (QED) is 0.445. The molecule has 1 aliphatic heterocycles. The normalized spacial score (nSPS) is 14.4. The summed E-state index contributed by atoms with van der Waals surface area (Å²) in [5.41, 5.74) is -0.501. The molecule has 4 amide bonds. The zero-order chi connectivity index (χ0) is 26.2. The predicted octanol–water partition coefficient (Wildman–Crippen LogP) is 3.19. The predicted molar refractivity (Wildman–Crippen MR) is 129 cm³/mol. The maximum atomic E-state index is 13.8. The van der Waals surface area contributed by atoms with E-state index in [4.69, 9.17) is 21.1 Å². The number of alkyl halides is 2. The minimum atomic E-state index is -2.98. The number of morpholine rings is 1. The average Bonchev–Trinajstić information content (AvgIpc) is 3.28. The number of rotatable bonds is 9. The molecule has 2 heterocycles. The highest BCUT2D eigenvalue weighted by atomic mass is 35.5. The van der Waals surface area contributed by atoms with Gasteiger partial charge in [0.25, 0.3) is 18.2 Å². The van der Waals surface area contributed by atoms with Gasteiger partial charge >= 0.3 is 6.09 Å². The number of nitrogens with one attached hydrogen (secondary N) is 3. The number of anilines is 2. The van der Waals surface area contributed by atoms with Crippen molar-refractivity contribution in [2.75, 3.05) is 43.1 Å². The maximum absolute atomic E-state index is 13.8. The number of thiophene rings is 1. The number of benzene rings is 1. The van der Waals surface area contributed by atoms with E-state index < -0.39 is 35.9 Å². The third-order valence-corrected chi connectivity index (χ3v) is 6.20. The van der Waals surface area contributed by atoms with E-state index in [0.29, 0.717) is 4.34 Å². The molecular weight excluding hydrogens is 522 g/mol. The van der Waals surface area contributed by atoms with Gasteiger partial charge in [-0.05, 0) is 37.3 Å². The summed E-state index contributed by atoms with van der Waals surface area (Å²) in [6, 6.07) is 5.44. The Kier molecular flexibility index (Phi) is 9.56. The van der Waals surface area contributed by atoms with E-state index >= 15 is 0 Å². The van der Waals surface area contributed by atoms with Gasteiger partial charge in [-0.2, -0.15) is 0 Å². The lowest BCUT2D eigenvalue weighted by Crippen LogP contribution is -2.50. The minimum Gasteiger partial charge on any atom is -0.450 e. The molecule has 1 atom stereocenters. The van der Waals surface area contributed by atoms with Gasteiger partial charge in [0.15, 0.2) is 0 Å². The molecule has 0 unspecified atom stereocenters. The first-order valence-electron chi connectivity index (χ1n) is 10.8. The first-order valence-corrected chi connectivity index (χ1v) is 12.0. The summed E-state index contributed by atoms with van der Waals surface area (Å²) >= 11 is 6.85. The SMILES string of the molecule is CCOC(=O)N[C@@H](CNC(=O)c1ccc(Cl)s1)C(=O)Nc1ccc(N2CCOCC2=O)cc1C(F)F. The highest BCUT2D eigenvalue weighted by Crippen LogP contribution is 2.32. The fourth-order valence-electron chi connectivity index (χ4n) is 3.27. The van der Waals surface area contributed by atoms with Gasteiger partial charge in [0.2, 0.25) is 5.91 Å². The number of nitrogens with zero attached hydrogens (tertiary/aromatic N) is 1. The summed E-state index contributed by atoms with van der Waals surface area (Å²) in [7, 11) is 0. The van der Waals surface area contributed by atoms with Crippen LogP contribution in [0.4, 0.5) is 25.0 Å². The second-order valence-electron chi connectivity index (χ2n) is 7.39. The molecule has 3 N–H and O–H groups in total. The van der Waals surface area contributed by atoms with E-state index in [0.717, 1.165) is 17.4 Å². The molecular formula is C22H23ClF2N4O6S. The number of hydrogen-bond acceptors (Lipinski definition) is 7. The van der Waals surface area contributed by atoms with Crippen LogP contribution in [0.2, 0.25) is 4.34 Å². The molecule has 10 nitrogen and oxygen atoms in total. The number of ether oxygens (including phenoxy) is 2. The summed E-state index contributed by atoms with van der Waals surface area (Å²) in [6.07, 6.45) is -3.91. The molecule has 1 fully saturated rings. The molecule has 0 spiro atoms. The number of hydrogen-bond donors (Lipinski definition) is 3. The lowest BCUT2D eigenvalue weighted by molar-refractivity contribution is -0.125. The molecule has 194 valence electrons. The van der Waals surface area contributed by atoms with E-state index in [1.54, 1.807) is 6.92 Å². The molecule has 0 radical (unpaired) electrons. The van der Waals surface area contributed by atoms with E-state index in [1.807, 2.05) is 0 Å². The first-order chi connectivity index (χ1) is 17.2. The van der Waals surface area contributed by atoms with Gasteiger partial charge in [0, 0.05) is 30.0 Å². The van der Waals surface area contributed by atoms with Crippen molar-refractivity contribution >= 4 is 58.1 Å². The molecule has 1 aliphatic rings. The molecule has 0 aliphatic carbocycles. The molecule has 36 heavy (non-hydrogen) atoms. The number of amides is 4. The smallest absolute Gasteiger partial charge is 0.407 e. The van der Waals surface area contributed by atoms with E-state index in [1.165, 1.54) is 29.2 Å². The zero-order valence-electron chi connectivity index (χ0n) is 19.0. The molecule has 1 aromatic carbocycles. The Labute approximate surface area is 213 Å². The molecule has 14 heteroatoms. The fraction of sp³-hybridized carbons (Fsp3) is 0.364. The number of halogens is 3. The van der Waals surface area contributed by atoms with Crippen molar-refractivity contribution in [1.82, 2.24) is 10.6 Å². The summed E-state index contributed by atoms with van der Waals surface area (Å²) < 4.78 is 37.9. The van der Waals surface area contributed by atoms with Crippen molar-refractivity contribution in [3.8, 4) is 0 Å². The maximum Gasteiger partial charge on any atom is 0.407 e. The van der Waals surface area contributed by atoms with Crippen LogP contribution < -0.4 is 20.9 Å². The monoisotopic (exact) mass is 544 g/mol. The second-order valence-corrected chi connectivity index (χ2v) is 9.11. The lowest BCUT2D eigenvalue weighted by Gasteiger charge is -2.27.